The lowest BCUT2D eigenvalue weighted by Crippen LogP contribution is -2.01. The van der Waals surface area contributed by atoms with E-state index in [2.05, 4.69) is 31.2 Å². The first-order valence-electron chi connectivity index (χ1n) is 7.09. The minimum absolute atomic E-state index is 0.299. The molecule has 0 aliphatic rings. The molecular formula is C19H16O2S. The van der Waals surface area contributed by atoms with E-state index in [1.54, 1.807) is 11.3 Å². The molecule has 22 heavy (non-hydrogen) atoms. The molecule has 0 atom stereocenters. The van der Waals surface area contributed by atoms with Crippen molar-refractivity contribution in [2.24, 2.45) is 0 Å². The summed E-state index contributed by atoms with van der Waals surface area (Å²) in [4.78, 5) is 13.5. The number of carbonyl (C=O) groups is 1. The lowest BCUT2D eigenvalue weighted by Gasteiger charge is -2.06. The Balaban J connectivity index is 2.14. The fraction of sp³-hybridized carbons (Fsp3) is 0.105. The molecule has 0 spiro atoms. The predicted octanol–water partition coefficient (Wildman–Crippen LogP) is 5.32. The molecule has 3 aromatic rings. The summed E-state index contributed by atoms with van der Waals surface area (Å²) >= 11 is 1.64. The highest BCUT2D eigenvalue weighted by molar-refractivity contribution is 7.19. The summed E-state index contributed by atoms with van der Waals surface area (Å²) in [5.74, 6) is 0.331. The van der Waals surface area contributed by atoms with E-state index in [1.165, 1.54) is 6.92 Å². The third-order valence-electron chi connectivity index (χ3n) is 3.40. The quantitative estimate of drug-likeness (QED) is 0.612. The third kappa shape index (κ3) is 2.95. The van der Waals surface area contributed by atoms with Crippen LogP contribution in [0, 0.1) is 6.92 Å². The van der Waals surface area contributed by atoms with Crippen LogP contribution in [0.4, 0.5) is 0 Å². The summed E-state index contributed by atoms with van der Waals surface area (Å²) in [5, 5.41) is 0. The van der Waals surface area contributed by atoms with Gasteiger partial charge in [-0.05, 0) is 23.6 Å². The number of carbonyl (C=O) groups excluding carboxylic acids is 1. The summed E-state index contributed by atoms with van der Waals surface area (Å²) in [5.41, 5.74) is 3.39. The molecule has 0 unspecified atom stereocenters. The third-order valence-corrected chi connectivity index (χ3v) is 4.60. The van der Waals surface area contributed by atoms with Gasteiger partial charge in [-0.2, -0.15) is 0 Å². The van der Waals surface area contributed by atoms with Crippen LogP contribution in [-0.4, -0.2) is 5.97 Å². The first-order valence-corrected chi connectivity index (χ1v) is 7.90. The largest absolute Gasteiger partial charge is 0.425 e. The van der Waals surface area contributed by atoms with E-state index in [9.17, 15) is 4.79 Å². The van der Waals surface area contributed by atoms with Crippen LogP contribution in [0.5, 0.6) is 5.75 Å². The second-order valence-electron chi connectivity index (χ2n) is 5.08. The number of hydrogen-bond donors (Lipinski definition) is 0. The van der Waals surface area contributed by atoms with Gasteiger partial charge in [-0.15, -0.1) is 11.3 Å². The smallest absolute Gasteiger partial charge is 0.308 e. The van der Waals surface area contributed by atoms with E-state index in [1.807, 2.05) is 36.4 Å². The van der Waals surface area contributed by atoms with Crippen molar-refractivity contribution in [1.29, 1.82) is 0 Å². The SMILES string of the molecule is CC(=O)Oc1cc(-c2ccccc2)sc1-c1ccccc1C. The number of benzene rings is 2. The van der Waals surface area contributed by atoms with Crippen LogP contribution in [0.2, 0.25) is 0 Å². The fourth-order valence-electron chi connectivity index (χ4n) is 2.37. The highest BCUT2D eigenvalue weighted by Crippen LogP contribution is 2.43. The van der Waals surface area contributed by atoms with Crippen molar-refractivity contribution in [1.82, 2.24) is 0 Å². The number of thiophene rings is 1. The Bertz CT molecular complexity index is 803. The minimum Gasteiger partial charge on any atom is -0.425 e. The highest BCUT2D eigenvalue weighted by atomic mass is 32.1. The van der Waals surface area contributed by atoms with Gasteiger partial charge in [0.1, 0.15) is 5.75 Å². The molecule has 0 saturated heterocycles. The zero-order valence-corrected chi connectivity index (χ0v) is 13.3. The summed E-state index contributed by atoms with van der Waals surface area (Å²) in [6.45, 7) is 3.50. The average molecular weight is 308 g/mol. The molecule has 0 bridgehead atoms. The minimum atomic E-state index is -0.299. The maximum Gasteiger partial charge on any atom is 0.308 e. The molecule has 2 nitrogen and oxygen atoms in total. The number of ether oxygens (including phenoxy) is 1. The number of rotatable bonds is 3. The van der Waals surface area contributed by atoms with E-state index in [-0.39, 0.29) is 5.97 Å². The number of esters is 1. The van der Waals surface area contributed by atoms with Crippen LogP contribution in [0.3, 0.4) is 0 Å². The number of aryl methyl sites for hydroxylation is 1. The molecule has 1 heterocycles. The van der Waals surface area contributed by atoms with Crippen molar-refractivity contribution < 1.29 is 9.53 Å². The Labute approximate surface area is 134 Å². The summed E-state index contributed by atoms with van der Waals surface area (Å²) in [6.07, 6.45) is 0. The van der Waals surface area contributed by atoms with Gasteiger partial charge in [0, 0.05) is 17.9 Å². The highest BCUT2D eigenvalue weighted by Gasteiger charge is 2.16. The van der Waals surface area contributed by atoms with Gasteiger partial charge in [0.05, 0.1) is 4.88 Å². The Hall–Kier alpha value is -2.39. The Morgan fingerprint density at radius 1 is 1.00 bits per heavy atom. The van der Waals surface area contributed by atoms with E-state index in [0.29, 0.717) is 5.75 Å². The zero-order chi connectivity index (χ0) is 15.5. The van der Waals surface area contributed by atoms with E-state index >= 15 is 0 Å². The van der Waals surface area contributed by atoms with Crippen molar-refractivity contribution in [3.8, 4) is 26.6 Å². The molecule has 2 aromatic carbocycles. The molecule has 0 N–H and O–H groups in total. The topological polar surface area (TPSA) is 26.3 Å². The van der Waals surface area contributed by atoms with Crippen molar-refractivity contribution in [3.63, 3.8) is 0 Å². The van der Waals surface area contributed by atoms with Crippen LogP contribution >= 0.6 is 11.3 Å². The Morgan fingerprint density at radius 2 is 1.68 bits per heavy atom. The number of hydrogen-bond acceptors (Lipinski definition) is 3. The molecule has 110 valence electrons. The molecular weight excluding hydrogens is 292 g/mol. The van der Waals surface area contributed by atoms with Crippen LogP contribution in [-0.2, 0) is 4.79 Å². The van der Waals surface area contributed by atoms with Gasteiger partial charge >= 0.3 is 5.97 Å². The first-order chi connectivity index (χ1) is 10.6. The Morgan fingerprint density at radius 3 is 2.36 bits per heavy atom. The van der Waals surface area contributed by atoms with Gasteiger partial charge < -0.3 is 4.74 Å². The standard InChI is InChI=1S/C19H16O2S/c1-13-8-6-7-11-16(13)19-17(21-14(2)20)12-18(22-19)15-9-4-3-5-10-15/h3-12H,1-2H3. The summed E-state index contributed by atoms with van der Waals surface area (Å²) in [6, 6.07) is 20.2. The fourth-order valence-corrected chi connectivity index (χ4v) is 3.55. The van der Waals surface area contributed by atoms with Gasteiger partial charge in [0.15, 0.2) is 0 Å². The second kappa shape index (κ2) is 6.16. The van der Waals surface area contributed by atoms with Crippen molar-refractivity contribution in [2.45, 2.75) is 13.8 Å². The average Bonchev–Trinajstić information content (AvgIpc) is 2.91. The van der Waals surface area contributed by atoms with E-state index in [4.69, 9.17) is 4.74 Å². The second-order valence-corrected chi connectivity index (χ2v) is 6.13. The molecule has 0 radical (unpaired) electrons. The molecule has 0 fully saturated rings. The molecule has 1 aromatic heterocycles. The van der Waals surface area contributed by atoms with Crippen molar-refractivity contribution in [3.05, 3.63) is 66.2 Å². The molecule has 0 aliphatic heterocycles. The van der Waals surface area contributed by atoms with Gasteiger partial charge in [-0.1, -0.05) is 54.6 Å². The Kier molecular flexibility index (Phi) is 4.07. The maximum absolute atomic E-state index is 11.4. The lowest BCUT2D eigenvalue weighted by atomic mass is 10.1. The van der Waals surface area contributed by atoms with Crippen LogP contribution < -0.4 is 4.74 Å². The maximum atomic E-state index is 11.4. The van der Waals surface area contributed by atoms with Gasteiger partial charge in [0.25, 0.3) is 0 Å². The first kappa shape index (κ1) is 14.5. The molecule has 3 rings (SSSR count). The monoisotopic (exact) mass is 308 g/mol. The van der Waals surface area contributed by atoms with Crippen molar-refractivity contribution >= 4 is 17.3 Å². The van der Waals surface area contributed by atoms with Gasteiger partial charge in [-0.3, -0.25) is 4.79 Å². The lowest BCUT2D eigenvalue weighted by molar-refractivity contribution is -0.131. The normalized spacial score (nSPS) is 10.5. The summed E-state index contributed by atoms with van der Waals surface area (Å²) in [7, 11) is 0. The van der Waals surface area contributed by atoms with Crippen LogP contribution in [0.1, 0.15) is 12.5 Å². The van der Waals surface area contributed by atoms with Crippen molar-refractivity contribution in [2.75, 3.05) is 0 Å². The molecule has 0 aliphatic carbocycles. The predicted molar refractivity (Wildman–Crippen MR) is 91.2 cm³/mol. The zero-order valence-electron chi connectivity index (χ0n) is 12.5. The van der Waals surface area contributed by atoms with E-state index in [0.717, 1.165) is 26.4 Å². The van der Waals surface area contributed by atoms with E-state index < -0.39 is 0 Å². The molecule has 0 saturated carbocycles. The van der Waals surface area contributed by atoms with Gasteiger partial charge in [0.2, 0.25) is 0 Å². The summed E-state index contributed by atoms with van der Waals surface area (Å²) < 4.78 is 5.43. The molecule has 3 heteroatoms. The van der Waals surface area contributed by atoms with Gasteiger partial charge in [-0.25, -0.2) is 0 Å². The van der Waals surface area contributed by atoms with Crippen LogP contribution in [0.15, 0.2) is 60.7 Å². The molecule has 0 amide bonds. The van der Waals surface area contributed by atoms with Crippen LogP contribution in [0.25, 0.3) is 20.9 Å².